The van der Waals surface area contributed by atoms with Crippen LogP contribution in [-0.4, -0.2) is 49.6 Å². The van der Waals surface area contributed by atoms with Crippen LogP contribution in [0.3, 0.4) is 0 Å². The Morgan fingerprint density at radius 1 is 1.31 bits per heavy atom. The van der Waals surface area contributed by atoms with E-state index in [1.165, 1.54) is 0 Å². The zero-order chi connectivity index (χ0) is 22.0. The summed E-state index contributed by atoms with van der Waals surface area (Å²) >= 11 is 11.9. The number of piperidine rings is 1. The van der Waals surface area contributed by atoms with Crippen molar-refractivity contribution in [2.24, 2.45) is 5.92 Å². The van der Waals surface area contributed by atoms with Gasteiger partial charge in [0.15, 0.2) is 0 Å². The molecule has 1 aromatic carbocycles. The van der Waals surface area contributed by atoms with Crippen LogP contribution in [0.2, 0.25) is 10.0 Å². The molecule has 0 aliphatic carbocycles. The van der Waals surface area contributed by atoms with E-state index in [2.05, 4.69) is 4.72 Å². The molecule has 9 nitrogen and oxygen atoms in total. The molecule has 1 amide bonds. The molecular weight excluding hydrogens is 445 g/mol. The molecule has 162 valence electrons. The molecule has 0 spiro atoms. The Morgan fingerprint density at radius 2 is 1.90 bits per heavy atom. The van der Waals surface area contributed by atoms with Crippen LogP contribution in [0.1, 0.15) is 33.6 Å². The molecule has 12 heteroatoms. The van der Waals surface area contributed by atoms with E-state index in [1.54, 1.807) is 25.7 Å². The first-order valence-electron chi connectivity index (χ1n) is 8.92. The van der Waals surface area contributed by atoms with E-state index in [9.17, 15) is 23.3 Å². The number of hydrogen-bond donors (Lipinski definition) is 1. The highest BCUT2D eigenvalue weighted by Gasteiger charge is 2.30. The second-order valence-electron chi connectivity index (χ2n) is 7.73. The van der Waals surface area contributed by atoms with Crippen molar-refractivity contribution in [2.75, 3.05) is 19.6 Å². The predicted octanol–water partition coefficient (Wildman–Crippen LogP) is 3.83. The zero-order valence-electron chi connectivity index (χ0n) is 16.3. The van der Waals surface area contributed by atoms with Crippen LogP contribution in [0.15, 0.2) is 17.0 Å². The third kappa shape index (κ3) is 6.18. The van der Waals surface area contributed by atoms with Crippen molar-refractivity contribution in [3.8, 4) is 0 Å². The van der Waals surface area contributed by atoms with E-state index in [4.69, 9.17) is 27.9 Å². The summed E-state index contributed by atoms with van der Waals surface area (Å²) in [4.78, 5) is 23.4. The smallest absolute Gasteiger partial charge is 0.410 e. The minimum Gasteiger partial charge on any atom is -0.444 e. The lowest BCUT2D eigenvalue weighted by Crippen LogP contribution is -2.43. The van der Waals surface area contributed by atoms with Crippen LogP contribution >= 0.6 is 23.2 Å². The molecular formula is C17H23Cl2N3O6S. The number of nitrogens with one attached hydrogen (secondary N) is 1. The van der Waals surface area contributed by atoms with Gasteiger partial charge in [0.25, 0.3) is 5.69 Å². The summed E-state index contributed by atoms with van der Waals surface area (Å²) in [6, 6.07) is 2.18. The van der Waals surface area contributed by atoms with Crippen LogP contribution in [-0.2, 0) is 14.8 Å². The number of nitro groups is 1. The topological polar surface area (TPSA) is 119 Å². The lowest BCUT2D eigenvalue weighted by atomic mass is 9.97. The quantitative estimate of drug-likeness (QED) is 0.518. The monoisotopic (exact) mass is 467 g/mol. The second-order valence-corrected chi connectivity index (χ2v) is 10.2. The third-order valence-corrected chi connectivity index (χ3v) is 6.75. The molecule has 0 unspecified atom stereocenters. The van der Waals surface area contributed by atoms with Crippen LogP contribution in [0.5, 0.6) is 0 Å². The maximum atomic E-state index is 12.6. The van der Waals surface area contributed by atoms with Crippen LogP contribution < -0.4 is 4.72 Å². The second kappa shape index (κ2) is 9.03. The van der Waals surface area contributed by atoms with Gasteiger partial charge >= 0.3 is 6.09 Å². The summed E-state index contributed by atoms with van der Waals surface area (Å²) in [6.07, 6.45) is 0.766. The Morgan fingerprint density at radius 3 is 2.41 bits per heavy atom. The normalized spacial score (nSPS) is 16.0. The molecule has 0 saturated carbocycles. The van der Waals surface area contributed by atoms with Crippen LogP contribution in [0.25, 0.3) is 0 Å². The van der Waals surface area contributed by atoms with Gasteiger partial charge in [-0.2, -0.15) is 0 Å². The highest BCUT2D eigenvalue weighted by atomic mass is 35.5. The number of benzene rings is 1. The minimum atomic E-state index is -4.15. The summed E-state index contributed by atoms with van der Waals surface area (Å²) in [6.45, 7) is 6.35. The first-order chi connectivity index (χ1) is 13.3. The maximum absolute atomic E-state index is 12.6. The average molecular weight is 468 g/mol. The molecule has 0 bridgehead atoms. The first-order valence-corrected chi connectivity index (χ1v) is 11.2. The van der Waals surface area contributed by atoms with Gasteiger partial charge in [-0.25, -0.2) is 17.9 Å². The lowest BCUT2D eigenvalue weighted by molar-refractivity contribution is -0.384. The van der Waals surface area contributed by atoms with E-state index in [0.29, 0.717) is 25.9 Å². The number of nitrogens with zero attached hydrogens (tertiary/aromatic N) is 2. The number of nitro benzene ring substituents is 1. The Labute approximate surface area is 179 Å². The van der Waals surface area contributed by atoms with Crippen molar-refractivity contribution in [2.45, 2.75) is 44.1 Å². The number of rotatable bonds is 5. The average Bonchev–Trinajstić information content (AvgIpc) is 2.58. The fourth-order valence-corrected chi connectivity index (χ4v) is 5.17. The molecule has 2 rings (SSSR count). The highest BCUT2D eigenvalue weighted by molar-refractivity contribution is 7.89. The molecule has 1 heterocycles. The summed E-state index contributed by atoms with van der Waals surface area (Å²) in [7, 11) is -4.15. The summed E-state index contributed by atoms with van der Waals surface area (Å²) in [5.41, 5.74) is -1.12. The molecule has 29 heavy (non-hydrogen) atoms. The number of hydrogen-bond acceptors (Lipinski definition) is 6. The fraction of sp³-hybridized carbons (Fsp3) is 0.588. The Hall–Kier alpha value is -1.62. The summed E-state index contributed by atoms with van der Waals surface area (Å²) in [5, 5.41) is 10.3. The first kappa shape index (κ1) is 23.7. The van der Waals surface area contributed by atoms with Gasteiger partial charge in [0.1, 0.15) is 15.5 Å². The standard InChI is InChI=1S/C17H23Cl2N3O6S/c1-17(2,3)28-16(23)21-8-6-11(7-9-21)10-20-29(26,27)15-12(18)4-5-13(14(15)19)22(24)25/h4-5,11,20H,6-10H2,1-3H3. The number of sulfonamides is 1. The zero-order valence-corrected chi connectivity index (χ0v) is 18.6. The van der Waals surface area contributed by atoms with Gasteiger partial charge in [0.05, 0.1) is 9.95 Å². The Balaban J connectivity index is 2.00. The molecule has 1 N–H and O–H groups in total. The number of carbonyl (C=O) groups excluding carboxylic acids is 1. The van der Waals surface area contributed by atoms with Crippen molar-refractivity contribution in [1.29, 1.82) is 0 Å². The maximum Gasteiger partial charge on any atom is 0.410 e. The number of carbonyl (C=O) groups is 1. The molecule has 0 atom stereocenters. The third-order valence-electron chi connectivity index (χ3n) is 4.32. The number of amides is 1. The largest absolute Gasteiger partial charge is 0.444 e. The van der Waals surface area contributed by atoms with E-state index in [1.807, 2.05) is 0 Å². The summed E-state index contributed by atoms with van der Waals surface area (Å²) in [5.74, 6) is -0.0142. The van der Waals surface area contributed by atoms with E-state index in [0.717, 1.165) is 12.1 Å². The highest BCUT2D eigenvalue weighted by Crippen LogP contribution is 2.36. The molecule has 1 aliphatic heterocycles. The minimum absolute atomic E-state index is 0.0142. The Bertz CT molecular complexity index is 893. The van der Waals surface area contributed by atoms with Gasteiger partial charge in [-0.1, -0.05) is 23.2 Å². The van der Waals surface area contributed by atoms with Gasteiger partial charge in [0.2, 0.25) is 10.0 Å². The van der Waals surface area contributed by atoms with Crippen LogP contribution in [0, 0.1) is 16.0 Å². The van der Waals surface area contributed by atoms with Crippen molar-refractivity contribution in [1.82, 2.24) is 9.62 Å². The number of likely N-dealkylation sites (tertiary alicyclic amines) is 1. The van der Waals surface area contributed by atoms with Gasteiger partial charge in [-0.05, 0) is 45.6 Å². The lowest BCUT2D eigenvalue weighted by Gasteiger charge is -2.33. The van der Waals surface area contributed by atoms with Gasteiger partial charge < -0.3 is 9.64 Å². The van der Waals surface area contributed by atoms with Crippen molar-refractivity contribution in [3.63, 3.8) is 0 Å². The van der Waals surface area contributed by atoms with Crippen LogP contribution in [0.4, 0.5) is 10.5 Å². The van der Waals surface area contributed by atoms with E-state index >= 15 is 0 Å². The molecule has 1 saturated heterocycles. The number of ether oxygens (including phenoxy) is 1. The van der Waals surface area contributed by atoms with Crippen molar-refractivity contribution >= 4 is 45.0 Å². The number of halogens is 2. The molecule has 1 aliphatic rings. The fourth-order valence-electron chi connectivity index (χ4n) is 2.86. The molecule has 0 radical (unpaired) electrons. The Kier molecular flexibility index (Phi) is 7.37. The molecule has 1 aromatic rings. The van der Waals surface area contributed by atoms with Crippen molar-refractivity contribution < 1.29 is 22.9 Å². The van der Waals surface area contributed by atoms with Gasteiger partial charge in [-0.15, -0.1) is 0 Å². The van der Waals surface area contributed by atoms with Crippen molar-refractivity contribution in [3.05, 3.63) is 32.3 Å². The molecule has 1 fully saturated rings. The van der Waals surface area contributed by atoms with Gasteiger partial charge in [0, 0.05) is 25.7 Å². The summed E-state index contributed by atoms with van der Waals surface area (Å²) < 4.78 is 33.0. The predicted molar refractivity (Wildman–Crippen MR) is 109 cm³/mol. The SMILES string of the molecule is CC(C)(C)OC(=O)N1CCC(CNS(=O)(=O)c2c(Cl)ccc([N+](=O)[O-])c2Cl)CC1. The van der Waals surface area contributed by atoms with E-state index < -0.39 is 42.2 Å². The van der Waals surface area contributed by atoms with Gasteiger partial charge in [-0.3, -0.25) is 10.1 Å². The molecule has 0 aromatic heterocycles. The van der Waals surface area contributed by atoms with E-state index in [-0.39, 0.29) is 17.5 Å².